The number of benzene rings is 2. The molecule has 1 N–H and O–H groups in total. The van der Waals surface area contributed by atoms with Gasteiger partial charge in [0, 0.05) is 43.5 Å². The number of amides is 3. The molecule has 32 heavy (non-hydrogen) atoms. The standard InChI is InChI=1S/C25H29N3O3S/c1-27(17-20-9-4-3-5-10-20)25(30)26-15-14-24(29)28(19-22-12-8-16-32-22)18-21-11-6-7-13-23(21)31-2/h3-13,16H,14-15,17-19H2,1-2H3,(H,26,30). The van der Waals surface area contributed by atoms with E-state index in [0.717, 1.165) is 21.8 Å². The lowest BCUT2D eigenvalue weighted by molar-refractivity contribution is -0.132. The lowest BCUT2D eigenvalue weighted by Crippen LogP contribution is -2.39. The minimum absolute atomic E-state index is 0.0182. The number of nitrogens with zero attached hydrogens (tertiary/aromatic N) is 2. The fraction of sp³-hybridized carbons (Fsp3) is 0.280. The van der Waals surface area contributed by atoms with E-state index in [-0.39, 0.29) is 24.9 Å². The lowest BCUT2D eigenvalue weighted by atomic mass is 10.1. The molecule has 168 valence electrons. The molecule has 3 rings (SSSR count). The number of thiophene rings is 1. The number of hydrogen-bond acceptors (Lipinski definition) is 4. The lowest BCUT2D eigenvalue weighted by Gasteiger charge is -2.24. The number of para-hydroxylation sites is 1. The van der Waals surface area contributed by atoms with Crippen molar-refractivity contribution < 1.29 is 14.3 Å². The zero-order chi connectivity index (χ0) is 22.8. The molecular formula is C25H29N3O3S. The third-order valence-corrected chi connectivity index (χ3v) is 5.92. The molecule has 0 atom stereocenters. The van der Waals surface area contributed by atoms with Crippen LogP contribution in [0.5, 0.6) is 5.75 Å². The van der Waals surface area contributed by atoms with Crippen LogP contribution in [-0.4, -0.2) is 42.4 Å². The van der Waals surface area contributed by atoms with Crippen LogP contribution in [0.1, 0.15) is 22.4 Å². The zero-order valence-corrected chi connectivity index (χ0v) is 19.3. The first-order valence-electron chi connectivity index (χ1n) is 10.5. The molecule has 1 aromatic heterocycles. The molecule has 0 aliphatic rings. The number of urea groups is 1. The van der Waals surface area contributed by atoms with Crippen LogP contribution in [0.4, 0.5) is 4.79 Å². The van der Waals surface area contributed by atoms with Crippen LogP contribution in [-0.2, 0) is 24.4 Å². The largest absolute Gasteiger partial charge is 0.496 e. The normalized spacial score (nSPS) is 10.4. The van der Waals surface area contributed by atoms with Gasteiger partial charge in [-0.1, -0.05) is 54.6 Å². The number of nitrogens with one attached hydrogen (secondary N) is 1. The molecule has 0 aliphatic heterocycles. The van der Waals surface area contributed by atoms with Gasteiger partial charge in [0.2, 0.25) is 5.91 Å². The maximum Gasteiger partial charge on any atom is 0.317 e. The molecule has 7 heteroatoms. The molecule has 0 radical (unpaired) electrons. The molecule has 0 bridgehead atoms. The van der Waals surface area contributed by atoms with Gasteiger partial charge in [-0.25, -0.2) is 4.79 Å². The number of methoxy groups -OCH3 is 1. The van der Waals surface area contributed by atoms with Crippen molar-refractivity contribution in [2.45, 2.75) is 26.1 Å². The minimum atomic E-state index is -0.198. The zero-order valence-electron chi connectivity index (χ0n) is 18.5. The Hall–Kier alpha value is -3.32. The van der Waals surface area contributed by atoms with Gasteiger partial charge in [-0.3, -0.25) is 4.79 Å². The maximum atomic E-state index is 13.0. The highest BCUT2D eigenvalue weighted by Gasteiger charge is 2.18. The van der Waals surface area contributed by atoms with Crippen molar-refractivity contribution in [1.29, 1.82) is 0 Å². The summed E-state index contributed by atoms with van der Waals surface area (Å²) in [4.78, 5) is 30.0. The van der Waals surface area contributed by atoms with E-state index in [1.807, 2.05) is 77.0 Å². The van der Waals surface area contributed by atoms with Gasteiger partial charge in [-0.2, -0.15) is 0 Å². The average Bonchev–Trinajstić information content (AvgIpc) is 3.32. The first kappa shape index (κ1) is 23.3. The molecule has 0 unspecified atom stereocenters. The van der Waals surface area contributed by atoms with E-state index >= 15 is 0 Å². The summed E-state index contributed by atoms with van der Waals surface area (Å²) >= 11 is 1.62. The second-order valence-electron chi connectivity index (χ2n) is 7.46. The van der Waals surface area contributed by atoms with Crippen molar-refractivity contribution in [3.63, 3.8) is 0 Å². The van der Waals surface area contributed by atoms with Crippen molar-refractivity contribution in [3.05, 3.63) is 88.1 Å². The summed E-state index contributed by atoms with van der Waals surface area (Å²) in [6.07, 6.45) is 0.228. The van der Waals surface area contributed by atoms with Gasteiger partial charge < -0.3 is 19.9 Å². The topological polar surface area (TPSA) is 61.9 Å². The predicted octanol–water partition coefficient (Wildman–Crippen LogP) is 4.52. The highest BCUT2D eigenvalue weighted by atomic mass is 32.1. The number of ether oxygens (including phenoxy) is 1. The molecular weight excluding hydrogens is 422 g/mol. The van der Waals surface area contributed by atoms with Crippen molar-refractivity contribution in [2.24, 2.45) is 0 Å². The van der Waals surface area contributed by atoms with Crippen LogP contribution in [0.25, 0.3) is 0 Å². The third kappa shape index (κ3) is 6.85. The Morgan fingerprint density at radius 3 is 2.41 bits per heavy atom. The fourth-order valence-electron chi connectivity index (χ4n) is 3.36. The van der Waals surface area contributed by atoms with Gasteiger partial charge in [0.25, 0.3) is 0 Å². The quantitative estimate of drug-likeness (QED) is 0.493. The van der Waals surface area contributed by atoms with Gasteiger partial charge in [0.1, 0.15) is 5.75 Å². The number of carbonyl (C=O) groups is 2. The van der Waals surface area contributed by atoms with Gasteiger partial charge >= 0.3 is 6.03 Å². The van der Waals surface area contributed by atoms with E-state index in [9.17, 15) is 9.59 Å². The summed E-state index contributed by atoms with van der Waals surface area (Å²) < 4.78 is 5.45. The third-order valence-electron chi connectivity index (χ3n) is 5.06. The highest BCUT2D eigenvalue weighted by Crippen LogP contribution is 2.22. The van der Waals surface area contributed by atoms with E-state index < -0.39 is 0 Å². The summed E-state index contributed by atoms with van der Waals surface area (Å²) in [6.45, 7) is 1.77. The van der Waals surface area contributed by atoms with Gasteiger partial charge in [0.05, 0.1) is 13.7 Å². The SMILES string of the molecule is COc1ccccc1CN(Cc1cccs1)C(=O)CCNC(=O)N(C)Cc1ccccc1. The van der Waals surface area contributed by atoms with Crippen LogP contribution in [0, 0.1) is 0 Å². The molecule has 0 spiro atoms. The Balaban J connectivity index is 1.56. The van der Waals surface area contributed by atoms with Crippen molar-refractivity contribution in [2.75, 3.05) is 20.7 Å². The van der Waals surface area contributed by atoms with Crippen LogP contribution in [0.2, 0.25) is 0 Å². The van der Waals surface area contributed by atoms with Gasteiger partial charge in [-0.05, 0) is 23.1 Å². The van der Waals surface area contributed by atoms with E-state index in [1.165, 1.54) is 0 Å². The van der Waals surface area contributed by atoms with Crippen LogP contribution < -0.4 is 10.1 Å². The van der Waals surface area contributed by atoms with Crippen molar-refractivity contribution in [3.8, 4) is 5.75 Å². The summed E-state index contributed by atoms with van der Waals surface area (Å²) in [7, 11) is 3.38. The molecule has 0 fully saturated rings. The van der Waals surface area contributed by atoms with Crippen molar-refractivity contribution in [1.82, 2.24) is 15.1 Å². The first-order chi connectivity index (χ1) is 15.6. The van der Waals surface area contributed by atoms with Crippen molar-refractivity contribution >= 4 is 23.3 Å². The summed E-state index contributed by atoms with van der Waals surface area (Å²) in [5.41, 5.74) is 2.01. The Bertz CT molecular complexity index is 993. The molecule has 6 nitrogen and oxygen atoms in total. The monoisotopic (exact) mass is 451 g/mol. The predicted molar refractivity (Wildman–Crippen MR) is 127 cm³/mol. The number of rotatable bonds is 10. The molecule has 3 amide bonds. The summed E-state index contributed by atoms with van der Waals surface area (Å²) in [5, 5.41) is 4.85. The van der Waals surface area contributed by atoms with E-state index in [1.54, 1.807) is 30.4 Å². The molecule has 3 aromatic rings. The molecule has 0 aliphatic carbocycles. The summed E-state index contributed by atoms with van der Waals surface area (Å²) in [6, 6.07) is 21.3. The first-order valence-corrected chi connectivity index (χ1v) is 11.4. The van der Waals surface area contributed by atoms with E-state index in [4.69, 9.17) is 4.74 Å². The minimum Gasteiger partial charge on any atom is -0.496 e. The maximum absolute atomic E-state index is 13.0. The second-order valence-corrected chi connectivity index (χ2v) is 8.50. The Morgan fingerprint density at radius 2 is 1.69 bits per heavy atom. The van der Waals surface area contributed by atoms with Crippen LogP contribution in [0.3, 0.4) is 0 Å². The van der Waals surface area contributed by atoms with E-state index in [2.05, 4.69) is 5.32 Å². The fourth-order valence-corrected chi connectivity index (χ4v) is 4.08. The van der Waals surface area contributed by atoms with Crippen LogP contribution >= 0.6 is 11.3 Å². The molecule has 0 saturated carbocycles. The summed E-state index contributed by atoms with van der Waals surface area (Å²) in [5.74, 6) is 0.739. The van der Waals surface area contributed by atoms with E-state index in [0.29, 0.717) is 19.6 Å². The van der Waals surface area contributed by atoms with Gasteiger partial charge in [-0.15, -0.1) is 11.3 Å². The second kappa shape index (κ2) is 11.9. The number of hydrogen-bond donors (Lipinski definition) is 1. The molecule has 0 saturated heterocycles. The molecule has 1 heterocycles. The smallest absolute Gasteiger partial charge is 0.317 e. The van der Waals surface area contributed by atoms with Gasteiger partial charge in [0.15, 0.2) is 0 Å². The highest BCUT2D eigenvalue weighted by molar-refractivity contribution is 7.09. The molecule has 2 aromatic carbocycles. The van der Waals surface area contributed by atoms with Crippen LogP contribution in [0.15, 0.2) is 72.1 Å². The Kier molecular flexibility index (Phi) is 8.69. The Morgan fingerprint density at radius 1 is 0.938 bits per heavy atom. The Labute approximate surface area is 193 Å². The number of carbonyl (C=O) groups excluding carboxylic acids is 2. The average molecular weight is 452 g/mol.